The average molecular weight is 355 g/mol. The van der Waals surface area contributed by atoms with Crippen LogP contribution in [0, 0.1) is 12.8 Å². The number of benzene rings is 1. The first-order valence-electron chi connectivity index (χ1n) is 8.04. The zero-order valence-corrected chi connectivity index (χ0v) is 16.0. The Bertz CT molecular complexity index is 594. The van der Waals surface area contributed by atoms with Crippen molar-refractivity contribution in [1.82, 2.24) is 5.32 Å². The summed E-state index contributed by atoms with van der Waals surface area (Å²) in [5, 5.41) is 6.02. The molecule has 0 heterocycles. The largest absolute Gasteiger partial charge is 0.444 e. The minimum atomic E-state index is -0.682. The molecule has 0 aromatic heterocycles. The van der Waals surface area contributed by atoms with Crippen LogP contribution in [0.4, 0.5) is 10.5 Å². The molecule has 0 saturated carbocycles. The van der Waals surface area contributed by atoms with E-state index in [1.807, 2.05) is 26.8 Å². The molecule has 2 N–H and O–H groups in total. The van der Waals surface area contributed by atoms with E-state index >= 15 is 0 Å². The van der Waals surface area contributed by atoms with Crippen LogP contribution in [0.1, 0.15) is 46.6 Å². The van der Waals surface area contributed by atoms with Gasteiger partial charge in [-0.25, -0.2) is 4.79 Å². The van der Waals surface area contributed by atoms with Crippen molar-refractivity contribution in [1.29, 1.82) is 0 Å². The minimum Gasteiger partial charge on any atom is -0.444 e. The summed E-state index contributed by atoms with van der Waals surface area (Å²) in [6, 6.07) is 4.60. The Labute approximate surface area is 149 Å². The molecule has 0 aliphatic heterocycles. The molecule has 1 aromatic carbocycles. The normalized spacial score (nSPS) is 12.7. The van der Waals surface area contributed by atoms with Crippen molar-refractivity contribution in [3.8, 4) is 0 Å². The molecule has 134 valence electrons. The van der Waals surface area contributed by atoms with Gasteiger partial charge in [0.2, 0.25) is 5.91 Å². The minimum absolute atomic E-state index is 0.233. The first-order valence-corrected chi connectivity index (χ1v) is 8.42. The van der Waals surface area contributed by atoms with Crippen LogP contribution >= 0.6 is 11.6 Å². The quantitative estimate of drug-likeness (QED) is 0.816. The van der Waals surface area contributed by atoms with Crippen LogP contribution in [-0.4, -0.2) is 23.6 Å². The first-order chi connectivity index (χ1) is 11.0. The molecule has 1 rings (SSSR count). The lowest BCUT2D eigenvalue weighted by Crippen LogP contribution is -2.46. The maximum absolute atomic E-state index is 12.6. The van der Waals surface area contributed by atoms with E-state index in [-0.39, 0.29) is 11.8 Å². The molecule has 0 spiro atoms. The van der Waals surface area contributed by atoms with Crippen LogP contribution in [0.5, 0.6) is 0 Å². The number of aryl methyl sites for hydroxylation is 1. The van der Waals surface area contributed by atoms with Crippen molar-refractivity contribution >= 4 is 29.3 Å². The van der Waals surface area contributed by atoms with Gasteiger partial charge >= 0.3 is 6.09 Å². The van der Waals surface area contributed by atoms with Gasteiger partial charge in [-0.1, -0.05) is 31.5 Å². The molecule has 0 aliphatic carbocycles. The Morgan fingerprint density at radius 3 is 2.42 bits per heavy atom. The predicted molar refractivity (Wildman–Crippen MR) is 97.4 cm³/mol. The highest BCUT2D eigenvalue weighted by atomic mass is 35.5. The molecule has 24 heavy (non-hydrogen) atoms. The SMILES string of the molecule is Cc1ccc(Cl)cc1NC(=O)[C@H](CC(C)C)NC(=O)OC(C)(C)C. The van der Waals surface area contributed by atoms with Crippen LogP contribution in [0.25, 0.3) is 0 Å². The summed E-state index contributed by atoms with van der Waals surface area (Å²) in [7, 11) is 0. The van der Waals surface area contributed by atoms with Gasteiger partial charge in [0, 0.05) is 10.7 Å². The van der Waals surface area contributed by atoms with E-state index in [1.54, 1.807) is 32.9 Å². The van der Waals surface area contributed by atoms with Gasteiger partial charge in [-0.2, -0.15) is 0 Å². The molecule has 0 bridgehead atoms. The summed E-state index contributed by atoms with van der Waals surface area (Å²) in [5.41, 5.74) is 0.910. The molecular formula is C18H27ClN2O3. The fraction of sp³-hybridized carbons (Fsp3) is 0.556. The summed E-state index contributed by atoms with van der Waals surface area (Å²) >= 11 is 5.98. The lowest BCUT2D eigenvalue weighted by Gasteiger charge is -2.24. The smallest absolute Gasteiger partial charge is 0.408 e. The summed E-state index contributed by atoms with van der Waals surface area (Å²) in [6.45, 7) is 11.2. The van der Waals surface area contributed by atoms with E-state index in [9.17, 15) is 9.59 Å². The molecule has 0 fully saturated rings. The summed E-state index contributed by atoms with van der Waals surface area (Å²) in [6.07, 6.45) is -0.101. The van der Waals surface area contributed by atoms with Crippen molar-refractivity contribution in [2.45, 2.75) is 59.6 Å². The second-order valence-corrected chi connectivity index (χ2v) is 7.71. The Hall–Kier alpha value is -1.75. The Balaban J connectivity index is 2.85. The van der Waals surface area contributed by atoms with E-state index in [2.05, 4.69) is 10.6 Å². The topological polar surface area (TPSA) is 67.4 Å². The number of nitrogens with one attached hydrogen (secondary N) is 2. The Morgan fingerprint density at radius 1 is 1.25 bits per heavy atom. The van der Waals surface area contributed by atoms with E-state index in [0.717, 1.165) is 5.56 Å². The molecule has 1 atom stereocenters. The van der Waals surface area contributed by atoms with E-state index in [0.29, 0.717) is 17.1 Å². The lowest BCUT2D eigenvalue weighted by molar-refractivity contribution is -0.118. The third-order valence-electron chi connectivity index (χ3n) is 3.17. The third kappa shape index (κ3) is 7.21. The maximum Gasteiger partial charge on any atom is 0.408 e. The number of alkyl carbamates (subject to hydrolysis) is 1. The molecule has 2 amide bonds. The highest BCUT2D eigenvalue weighted by molar-refractivity contribution is 6.31. The van der Waals surface area contributed by atoms with Crippen LogP contribution in [0.2, 0.25) is 5.02 Å². The van der Waals surface area contributed by atoms with Gasteiger partial charge in [-0.05, 0) is 57.7 Å². The van der Waals surface area contributed by atoms with Gasteiger partial charge in [-0.3, -0.25) is 4.79 Å². The highest BCUT2D eigenvalue weighted by Gasteiger charge is 2.25. The summed E-state index contributed by atoms with van der Waals surface area (Å²) < 4.78 is 5.24. The maximum atomic E-state index is 12.6. The van der Waals surface area contributed by atoms with Crippen molar-refractivity contribution in [2.75, 3.05) is 5.32 Å². The Morgan fingerprint density at radius 2 is 1.88 bits per heavy atom. The first kappa shape index (κ1) is 20.3. The molecular weight excluding hydrogens is 328 g/mol. The zero-order valence-electron chi connectivity index (χ0n) is 15.2. The summed E-state index contributed by atoms with van der Waals surface area (Å²) in [5.74, 6) is -0.0592. The number of rotatable bonds is 5. The second kappa shape index (κ2) is 8.38. The molecule has 5 nitrogen and oxygen atoms in total. The van der Waals surface area contributed by atoms with Crippen LogP contribution < -0.4 is 10.6 Å². The number of ether oxygens (including phenoxy) is 1. The number of hydrogen-bond donors (Lipinski definition) is 2. The van der Waals surface area contributed by atoms with Crippen molar-refractivity contribution < 1.29 is 14.3 Å². The molecule has 1 aromatic rings. The van der Waals surface area contributed by atoms with Gasteiger partial charge in [0.25, 0.3) is 0 Å². The molecule has 0 unspecified atom stereocenters. The van der Waals surface area contributed by atoms with Crippen molar-refractivity contribution in [3.63, 3.8) is 0 Å². The zero-order chi connectivity index (χ0) is 18.5. The van der Waals surface area contributed by atoms with Gasteiger partial charge in [-0.15, -0.1) is 0 Å². The van der Waals surface area contributed by atoms with E-state index < -0.39 is 17.7 Å². The summed E-state index contributed by atoms with van der Waals surface area (Å²) in [4.78, 5) is 24.6. The van der Waals surface area contributed by atoms with Gasteiger partial charge in [0.15, 0.2) is 0 Å². The van der Waals surface area contributed by atoms with Crippen LogP contribution in [-0.2, 0) is 9.53 Å². The number of anilines is 1. The number of carbonyl (C=O) groups excluding carboxylic acids is 2. The van der Waals surface area contributed by atoms with Crippen molar-refractivity contribution in [2.24, 2.45) is 5.92 Å². The van der Waals surface area contributed by atoms with Crippen LogP contribution in [0.3, 0.4) is 0 Å². The monoisotopic (exact) mass is 354 g/mol. The molecule has 0 saturated heterocycles. The van der Waals surface area contributed by atoms with E-state index in [1.165, 1.54) is 0 Å². The number of amides is 2. The fourth-order valence-corrected chi connectivity index (χ4v) is 2.27. The number of halogens is 1. The standard InChI is InChI=1S/C18H27ClN2O3/c1-11(2)9-15(21-17(23)24-18(4,5)6)16(22)20-14-10-13(19)8-7-12(14)3/h7-8,10-11,15H,9H2,1-6H3,(H,20,22)(H,21,23)/t15-/m0/s1. The Kier molecular flexibility index (Phi) is 7.08. The number of hydrogen-bond acceptors (Lipinski definition) is 3. The molecule has 0 radical (unpaired) electrons. The average Bonchev–Trinajstić information content (AvgIpc) is 2.39. The van der Waals surface area contributed by atoms with Gasteiger partial charge < -0.3 is 15.4 Å². The second-order valence-electron chi connectivity index (χ2n) is 7.28. The van der Waals surface area contributed by atoms with Crippen molar-refractivity contribution in [3.05, 3.63) is 28.8 Å². The predicted octanol–water partition coefficient (Wildman–Crippen LogP) is 4.53. The van der Waals surface area contributed by atoms with Gasteiger partial charge in [0.1, 0.15) is 11.6 Å². The number of carbonyl (C=O) groups is 2. The molecule has 6 heteroatoms. The molecule has 0 aliphatic rings. The fourth-order valence-electron chi connectivity index (χ4n) is 2.10. The van der Waals surface area contributed by atoms with Gasteiger partial charge in [0.05, 0.1) is 0 Å². The third-order valence-corrected chi connectivity index (χ3v) is 3.41. The highest BCUT2D eigenvalue weighted by Crippen LogP contribution is 2.21. The lowest BCUT2D eigenvalue weighted by atomic mass is 10.0. The van der Waals surface area contributed by atoms with E-state index in [4.69, 9.17) is 16.3 Å². The van der Waals surface area contributed by atoms with Crippen LogP contribution in [0.15, 0.2) is 18.2 Å².